The lowest BCUT2D eigenvalue weighted by molar-refractivity contribution is 0.101. The summed E-state index contributed by atoms with van der Waals surface area (Å²) in [6, 6.07) is 18.4. The van der Waals surface area contributed by atoms with E-state index in [0.717, 1.165) is 29.1 Å². The number of aromatic nitrogens is 3. The minimum absolute atomic E-state index is 0.191. The Bertz CT molecular complexity index is 1470. The highest BCUT2D eigenvalue weighted by atomic mass is 19.3. The number of rotatable bonds is 5. The Labute approximate surface area is 190 Å². The molecule has 170 valence electrons. The number of fused-ring (bicyclic) bond motifs is 1. The largest absolute Gasteiger partial charge is 0.340 e. The highest BCUT2D eigenvalue weighted by Crippen LogP contribution is 2.31. The molecule has 0 bridgehead atoms. The van der Waals surface area contributed by atoms with E-state index in [9.17, 15) is 22.4 Å². The van der Waals surface area contributed by atoms with E-state index < -0.39 is 29.7 Å². The molecule has 0 saturated heterocycles. The van der Waals surface area contributed by atoms with Crippen LogP contribution in [-0.2, 0) is 0 Å². The van der Waals surface area contributed by atoms with Gasteiger partial charge >= 0.3 is 0 Å². The molecule has 2 aromatic heterocycles. The molecule has 0 atom stereocenters. The van der Waals surface area contributed by atoms with Crippen LogP contribution in [0.1, 0.15) is 22.5 Å². The third kappa shape index (κ3) is 4.03. The fraction of sp³-hybridized carbons (Fsp3) is 0.0400. The van der Waals surface area contributed by atoms with E-state index in [1.807, 2.05) is 24.3 Å². The summed E-state index contributed by atoms with van der Waals surface area (Å²) in [6.07, 6.45) is -1.79. The van der Waals surface area contributed by atoms with Gasteiger partial charge in [-0.3, -0.25) is 4.79 Å². The molecule has 0 radical (unpaired) electrons. The number of amides is 1. The highest BCUT2D eigenvalue weighted by Gasteiger charge is 2.25. The van der Waals surface area contributed by atoms with E-state index in [0.29, 0.717) is 11.4 Å². The summed E-state index contributed by atoms with van der Waals surface area (Å²) in [5, 5.41) is 7.34. The van der Waals surface area contributed by atoms with Crippen LogP contribution >= 0.6 is 0 Å². The van der Waals surface area contributed by atoms with Crippen molar-refractivity contribution < 1.29 is 22.4 Å². The van der Waals surface area contributed by atoms with Crippen LogP contribution in [-0.4, -0.2) is 20.7 Å². The number of halogens is 4. The first-order chi connectivity index (χ1) is 16.4. The average molecular weight is 464 g/mol. The zero-order valence-electron chi connectivity index (χ0n) is 17.4. The average Bonchev–Trinajstić information content (AvgIpc) is 3.43. The topological polar surface area (TPSA) is 62.7 Å². The first-order valence-corrected chi connectivity index (χ1v) is 10.2. The number of anilines is 1. The van der Waals surface area contributed by atoms with E-state index in [1.54, 1.807) is 24.3 Å². The maximum Gasteiger partial charge on any atom is 0.282 e. The minimum atomic E-state index is -3.00. The van der Waals surface area contributed by atoms with Gasteiger partial charge in [0.2, 0.25) is 0 Å². The van der Waals surface area contributed by atoms with Crippen molar-refractivity contribution in [1.29, 1.82) is 0 Å². The summed E-state index contributed by atoms with van der Waals surface area (Å²) in [4.78, 5) is 16.1. The molecule has 2 heterocycles. The predicted octanol–water partition coefficient (Wildman–Crippen LogP) is 6.49. The zero-order valence-corrected chi connectivity index (χ0v) is 17.4. The van der Waals surface area contributed by atoms with Crippen molar-refractivity contribution >= 4 is 22.5 Å². The molecule has 5 nitrogen and oxygen atoms in total. The van der Waals surface area contributed by atoms with Crippen molar-refractivity contribution in [3.8, 4) is 16.9 Å². The quantitative estimate of drug-likeness (QED) is 0.292. The normalized spacial score (nSPS) is 11.3. The van der Waals surface area contributed by atoms with Crippen LogP contribution < -0.4 is 5.32 Å². The van der Waals surface area contributed by atoms with E-state index >= 15 is 0 Å². The summed E-state index contributed by atoms with van der Waals surface area (Å²) in [5.74, 6) is -1.98. The molecule has 0 saturated carbocycles. The van der Waals surface area contributed by atoms with Gasteiger partial charge in [0.25, 0.3) is 12.3 Å². The van der Waals surface area contributed by atoms with Crippen molar-refractivity contribution in [2.75, 3.05) is 5.32 Å². The lowest BCUT2D eigenvalue weighted by Gasteiger charge is -2.11. The van der Waals surface area contributed by atoms with Gasteiger partial charge in [-0.25, -0.2) is 22.2 Å². The Kier molecular flexibility index (Phi) is 5.37. The van der Waals surface area contributed by atoms with Crippen LogP contribution in [0.5, 0.6) is 0 Å². The number of nitrogens with zero attached hydrogens (tertiary/aromatic N) is 2. The summed E-state index contributed by atoms with van der Waals surface area (Å²) in [7, 11) is 0. The summed E-state index contributed by atoms with van der Waals surface area (Å²) in [5.41, 5.74) is 0.497. The van der Waals surface area contributed by atoms with Crippen LogP contribution in [0.3, 0.4) is 0 Å². The van der Waals surface area contributed by atoms with Crippen molar-refractivity contribution in [3.63, 3.8) is 0 Å². The number of hydrogen-bond donors (Lipinski definition) is 2. The molecule has 0 aliphatic carbocycles. The van der Waals surface area contributed by atoms with Gasteiger partial charge < -0.3 is 10.3 Å². The standard InChI is InChI=1S/C25H16F4N4O/c26-16-9-15(10-17(27)12-16)18-6-2-4-8-21(18)31-25(34)19-13-33(32-23(19)24(28)29)22-11-14-5-1-3-7-20(14)30-22/h1-13,24,30H,(H,31,34). The number of hydrogen-bond acceptors (Lipinski definition) is 2. The number of nitrogens with one attached hydrogen (secondary N) is 2. The Hall–Kier alpha value is -4.40. The predicted molar refractivity (Wildman–Crippen MR) is 120 cm³/mol. The Morgan fingerprint density at radius 2 is 1.65 bits per heavy atom. The maximum atomic E-state index is 13.7. The molecule has 3 aromatic carbocycles. The minimum Gasteiger partial charge on any atom is -0.340 e. The molecule has 0 spiro atoms. The van der Waals surface area contributed by atoms with E-state index in [-0.39, 0.29) is 16.8 Å². The second-order valence-electron chi connectivity index (χ2n) is 7.57. The number of para-hydroxylation sites is 2. The van der Waals surface area contributed by atoms with Gasteiger partial charge in [-0.2, -0.15) is 5.10 Å². The SMILES string of the molecule is O=C(Nc1ccccc1-c1cc(F)cc(F)c1)c1cn(-c2cc3ccccc3[nH]2)nc1C(F)F. The van der Waals surface area contributed by atoms with Crippen LogP contribution in [0.4, 0.5) is 23.2 Å². The summed E-state index contributed by atoms with van der Waals surface area (Å²) < 4.78 is 56.1. The Balaban J connectivity index is 1.51. The monoisotopic (exact) mass is 464 g/mol. The number of carbonyl (C=O) groups is 1. The molecule has 2 N–H and O–H groups in total. The van der Waals surface area contributed by atoms with Crippen molar-refractivity contribution in [1.82, 2.24) is 14.8 Å². The van der Waals surface area contributed by atoms with Gasteiger partial charge in [-0.15, -0.1) is 0 Å². The zero-order chi connectivity index (χ0) is 23.8. The number of aromatic amines is 1. The second kappa shape index (κ2) is 8.51. The molecule has 1 amide bonds. The van der Waals surface area contributed by atoms with Gasteiger partial charge in [0.1, 0.15) is 23.1 Å². The van der Waals surface area contributed by atoms with Crippen molar-refractivity contribution in [3.05, 3.63) is 102 Å². The first-order valence-electron chi connectivity index (χ1n) is 10.2. The fourth-order valence-corrected chi connectivity index (χ4v) is 3.77. The molecule has 0 aliphatic heterocycles. The fourth-order valence-electron chi connectivity index (χ4n) is 3.77. The lowest BCUT2D eigenvalue weighted by atomic mass is 10.0. The Morgan fingerprint density at radius 3 is 2.38 bits per heavy atom. The number of H-pyrrole nitrogens is 1. The van der Waals surface area contributed by atoms with Crippen LogP contribution in [0.15, 0.2) is 79.0 Å². The summed E-state index contributed by atoms with van der Waals surface area (Å²) >= 11 is 0. The second-order valence-corrected chi connectivity index (χ2v) is 7.57. The molecule has 5 rings (SSSR count). The van der Waals surface area contributed by atoms with Crippen LogP contribution in [0, 0.1) is 11.6 Å². The van der Waals surface area contributed by atoms with Crippen LogP contribution in [0.2, 0.25) is 0 Å². The van der Waals surface area contributed by atoms with Gasteiger partial charge in [-0.1, -0.05) is 36.4 Å². The Morgan fingerprint density at radius 1 is 0.941 bits per heavy atom. The van der Waals surface area contributed by atoms with E-state index in [4.69, 9.17) is 0 Å². The van der Waals surface area contributed by atoms with Crippen LogP contribution in [0.25, 0.3) is 27.8 Å². The first kappa shape index (κ1) is 21.4. The number of alkyl halides is 2. The molecule has 0 unspecified atom stereocenters. The molecule has 5 aromatic rings. The van der Waals surface area contributed by atoms with Gasteiger partial charge in [-0.05, 0) is 35.9 Å². The van der Waals surface area contributed by atoms with Gasteiger partial charge in [0.15, 0.2) is 0 Å². The third-order valence-electron chi connectivity index (χ3n) is 5.31. The van der Waals surface area contributed by atoms with E-state index in [2.05, 4.69) is 15.4 Å². The van der Waals surface area contributed by atoms with Crippen molar-refractivity contribution in [2.24, 2.45) is 0 Å². The molecular formula is C25H16F4N4O. The van der Waals surface area contributed by atoms with E-state index in [1.165, 1.54) is 16.9 Å². The smallest absolute Gasteiger partial charge is 0.282 e. The third-order valence-corrected chi connectivity index (χ3v) is 5.31. The lowest BCUT2D eigenvalue weighted by Crippen LogP contribution is -2.14. The van der Waals surface area contributed by atoms with Gasteiger partial charge in [0.05, 0.1) is 5.56 Å². The number of carbonyl (C=O) groups excluding carboxylic acids is 1. The molecule has 0 aliphatic rings. The molecular weight excluding hydrogens is 448 g/mol. The molecule has 34 heavy (non-hydrogen) atoms. The molecule has 0 fully saturated rings. The van der Waals surface area contributed by atoms with Crippen molar-refractivity contribution in [2.45, 2.75) is 6.43 Å². The number of benzene rings is 3. The highest BCUT2D eigenvalue weighted by molar-refractivity contribution is 6.07. The molecule has 9 heteroatoms. The summed E-state index contributed by atoms with van der Waals surface area (Å²) in [6.45, 7) is 0. The maximum absolute atomic E-state index is 13.7. The van der Waals surface area contributed by atoms with Gasteiger partial charge in [0, 0.05) is 34.4 Å².